The third kappa shape index (κ3) is 3.91. The minimum absolute atomic E-state index is 0.474. The van der Waals surface area contributed by atoms with Crippen molar-refractivity contribution in [3.8, 4) is 22.8 Å². The average Bonchev–Trinajstić information content (AvgIpc) is 2.67. The van der Waals surface area contributed by atoms with E-state index in [4.69, 9.17) is 9.47 Å². The maximum atomic E-state index is 5.95. The average molecular weight is 334 g/mol. The van der Waals surface area contributed by atoms with Crippen LogP contribution in [0.1, 0.15) is 11.1 Å². The number of nitrogens with one attached hydrogen (secondary N) is 1. The minimum Gasteiger partial charge on any atom is -0.497 e. The van der Waals surface area contributed by atoms with Gasteiger partial charge < -0.3 is 14.8 Å². The summed E-state index contributed by atoms with van der Waals surface area (Å²) in [4.78, 5) is 4.33. The van der Waals surface area contributed by atoms with Gasteiger partial charge in [-0.25, -0.2) is 4.98 Å². The number of methoxy groups -OCH3 is 1. The van der Waals surface area contributed by atoms with Crippen molar-refractivity contribution in [3.63, 3.8) is 0 Å². The lowest BCUT2D eigenvalue weighted by atomic mass is 10.1. The maximum Gasteiger partial charge on any atom is 0.214 e. The van der Waals surface area contributed by atoms with E-state index in [0.29, 0.717) is 12.5 Å². The summed E-state index contributed by atoms with van der Waals surface area (Å²) in [6.07, 6.45) is 1.77. The lowest BCUT2D eigenvalue weighted by Crippen LogP contribution is -2.03. The number of hydrogen-bond acceptors (Lipinski definition) is 4. The van der Waals surface area contributed by atoms with Crippen LogP contribution in [-0.4, -0.2) is 19.1 Å². The van der Waals surface area contributed by atoms with Gasteiger partial charge in [-0.05, 0) is 47.9 Å². The standard InChI is InChI=1S/C21H22N2O2/c1-15-5-4-6-20(22-2)19(15)14-25-21-13-17(11-12-23-21)16-7-9-18(24-3)10-8-16/h4-13,22H,14H2,1-3H3. The van der Waals surface area contributed by atoms with E-state index in [1.54, 1.807) is 13.3 Å². The van der Waals surface area contributed by atoms with Crippen LogP contribution in [0.5, 0.6) is 11.6 Å². The SMILES string of the molecule is CNc1cccc(C)c1COc1cc(-c2ccc(OC)cc2)ccn1. The van der Waals surface area contributed by atoms with Crippen LogP contribution in [-0.2, 0) is 6.61 Å². The van der Waals surface area contributed by atoms with Gasteiger partial charge in [-0.2, -0.15) is 0 Å². The van der Waals surface area contributed by atoms with Crippen molar-refractivity contribution in [3.05, 3.63) is 71.9 Å². The van der Waals surface area contributed by atoms with Crippen LogP contribution in [0.4, 0.5) is 5.69 Å². The molecule has 1 N–H and O–H groups in total. The van der Waals surface area contributed by atoms with E-state index in [1.807, 2.05) is 55.6 Å². The zero-order valence-electron chi connectivity index (χ0n) is 14.7. The highest BCUT2D eigenvalue weighted by Crippen LogP contribution is 2.26. The number of hydrogen-bond donors (Lipinski definition) is 1. The van der Waals surface area contributed by atoms with Gasteiger partial charge in [0.15, 0.2) is 0 Å². The molecule has 0 aliphatic carbocycles. The number of aryl methyl sites for hydroxylation is 1. The molecule has 128 valence electrons. The fourth-order valence-electron chi connectivity index (χ4n) is 2.73. The summed E-state index contributed by atoms with van der Waals surface area (Å²) >= 11 is 0. The van der Waals surface area contributed by atoms with Crippen molar-refractivity contribution in [1.82, 2.24) is 4.98 Å². The van der Waals surface area contributed by atoms with E-state index in [2.05, 4.69) is 23.3 Å². The second kappa shape index (κ2) is 7.71. The monoisotopic (exact) mass is 334 g/mol. The fraction of sp³-hybridized carbons (Fsp3) is 0.190. The fourth-order valence-corrected chi connectivity index (χ4v) is 2.73. The summed E-state index contributed by atoms with van der Waals surface area (Å²) in [6, 6.07) is 18.0. The quantitative estimate of drug-likeness (QED) is 0.710. The maximum absolute atomic E-state index is 5.95. The number of ether oxygens (including phenoxy) is 2. The van der Waals surface area contributed by atoms with Crippen molar-refractivity contribution in [1.29, 1.82) is 0 Å². The number of rotatable bonds is 6. The first-order chi connectivity index (χ1) is 12.2. The van der Waals surface area contributed by atoms with Crippen LogP contribution in [0.2, 0.25) is 0 Å². The molecule has 0 atom stereocenters. The molecule has 1 heterocycles. The third-order valence-electron chi connectivity index (χ3n) is 4.20. The Balaban J connectivity index is 1.78. The second-order valence-corrected chi connectivity index (χ2v) is 5.75. The lowest BCUT2D eigenvalue weighted by Gasteiger charge is -2.13. The number of anilines is 1. The Morgan fingerprint density at radius 3 is 2.52 bits per heavy atom. The molecule has 4 heteroatoms. The Morgan fingerprint density at radius 2 is 1.80 bits per heavy atom. The molecule has 0 amide bonds. The molecule has 4 nitrogen and oxygen atoms in total. The van der Waals surface area contributed by atoms with Crippen LogP contribution in [0.15, 0.2) is 60.8 Å². The number of benzene rings is 2. The van der Waals surface area contributed by atoms with Gasteiger partial charge >= 0.3 is 0 Å². The Morgan fingerprint density at radius 1 is 1.00 bits per heavy atom. The molecule has 25 heavy (non-hydrogen) atoms. The largest absolute Gasteiger partial charge is 0.497 e. The van der Waals surface area contributed by atoms with Crippen molar-refractivity contribution < 1.29 is 9.47 Å². The van der Waals surface area contributed by atoms with E-state index >= 15 is 0 Å². The summed E-state index contributed by atoms with van der Waals surface area (Å²) in [6.45, 7) is 2.56. The summed E-state index contributed by atoms with van der Waals surface area (Å²) < 4.78 is 11.2. The first-order valence-corrected chi connectivity index (χ1v) is 8.21. The number of pyridine rings is 1. The van der Waals surface area contributed by atoms with Gasteiger partial charge in [0.05, 0.1) is 7.11 Å². The Bertz CT molecular complexity index is 845. The Hall–Kier alpha value is -3.01. The van der Waals surface area contributed by atoms with Gasteiger partial charge in [0.25, 0.3) is 0 Å². The molecule has 1 aromatic heterocycles. The predicted molar refractivity (Wildman–Crippen MR) is 101 cm³/mol. The normalized spacial score (nSPS) is 10.4. The smallest absolute Gasteiger partial charge is 0.214 e. The number of nitrogens with zero attached hydrogens (tertiary/aromatic N) is 1. The zero-order chi connectivity index (χ0) is 17.6. The highest BCUT2D eigenvalue weighted by Gasteiger charge is 2.07. The van der Waals surface area contributed by atoms with E-state index in [-0.39, 0.29) is 0 Å². The van der Waals surface area contributed by atoms with E-state index in [1.165, 1.54) is 5.56 Å². The molecule has 2 aromatic carbocycles. The van der Waals surface area contributed by atoms with Crippen molar-refractivity contribution >= 4 is 5.69 Å². The van der Waals surface area contributed by atoms with Crippen LogP contribution in [0.25, 0.3) is 11.1 Å². The molecular formula is C21H22N2O2. The van der Waals surface area contributed by atoms with Gasteiger partial charge in [-0.15, -0.1) is 0 Å². The molecular weight excluding hydrogens is 312 g/mol. The third-order valence-corrected chi connectivity index (χ3v) is 4.20. The van der Waals surface area contributed by atoms with Crippen molar-refractivity contribution in [2.24, 2.45) is 0 Å². The molecule has 0 saturated heterocycles. The molecule has 0 fully saturated rings. The molecule has 0 bridgehead atoms. The minimum atomic E-state index is 0.474. The first-order valence-electron chi connectivity index (χ1n) is 8.21. The molecule has 0 aliphatic heterocycles. The molecule has 3 rings (SSSR count). The van der Waals surface area contributed by atoms with E-state index < -0.39 is 0 Å². The topological polar surface area (TPSA) is 43.4 Å². The summed E-state index contributed by atoms with van der Waals surface area (Å²) in [5.41, 5.74) is 5.57. The summed E-state index contributed by atoms with van der Waals surface area (Å²) in [5, 5.41) is 3.21. The van der Waals surface area contributed by atoms with Gasteiger partial charge in [0, 0.05) is 30.6 Å². The summed E-state index contributed by atoms with van der Waals surface area (Å²) in [7, 11) is 3.58. The first kappa shape index (κ1) is 16.8. The highest BCUT2D eigenvalue weighted by molar-refractivity contribution is 5.64. The van der Waals surface area contributed by atoms with E-state index in [9.17, 15) is 0 Å². The van der Waals surface area contributed by atoms with Gasteiger partial charge in [0.2, 0.25) is 5.88 Å². The molecule has 0 saturated carbocycles. The molecule has 0 spiro atoms. The summed E-state index contributed by atoms with van der Waals surface area (Å²) in [5.74, 6) is 1.45. The van der Waals surface area contributed by atoms with Gasteiger partial charge in [0.1, 0.15) is 12.4 Å². The Labute approximate surface area is 148 Å². The molecule has 0 aliphatic rings. The Kier molecular flexibility index (Phi) is 5.19. The lowest BCUT2D eigenvalue weighted by molar-refractivity contribution is 0.294. The van der Waals surface area contributed by atoms with Crippen LogP contribution >= 0.6 is 0 Å². The second-order valence-electron chi connectivity index (χ2n) is 5.75. The van der Waals surface area contributed by atoms with Crippen molar-refractivity contribution in [2.75, 3.05) is 19.5 Å². The van der Waals surface area contributed by atoms with E-state index in [0.717, 1.165) is 28.1 Å². The van der Waals surface area contributed by atoms with Crippen molar-refractivity contribution in [2.45, 2.75) is 13.5 Å². The predicted octanol–water partition coefficient (Wildman–Crippen LogP) is 4.69. The number of aromatic nitrogens is 1. The van der Waals surface area contributed by atoms with Gasteiger partial charge in [-0.3, -0.25) is 0 Å². The zero-order valence-corrected chi connectivity index (χ0v) is 14.7. The van der Waals surface area contributed by atoms with Gasteiger partial charge in [-0.1, -0.05) is 24.3 Å². The van der Waals surface area contributed by atoms with Crippen LogP contribution < -0.4 is 14.8 Å². The highest BCUT2D eigenvalue weighted by atomic mass is 16.5. The van der Waals surface area contributed by atoms with Crippen LogP contribution in [0, 0.1) is 6.92 Å². The molecule has 0 radical (unpaired) electrons. The molecule has 3 aromatic rings. The van der Waals surface area contributed by atoms with Crippen LogP contribution in [0.3, 0.4) is 0 Å². The molecule has 0 unspecified atom stereocenters.